The molecule has 2 unspecified atom stereocenters. The molecule has 0 N–H and O–H groups in total. The summed E-state index contributed by atoms with van der Waals surface area (Å²) >= 11 is 0. The third kappa shape index (κ3) is 1.05. The number of hydrogen-bond acceptors (Lipinski definition) is 0. The van der Waals surface area contributed by atoms with Crippen molar-refractivity contribution in [3.63, 3.8) is 0 Å². The van der Waals surface area contributed by atoms with Crippen LogP contribution in [0.3, 0.4) is 0 Å². The summed E-state index contributed by atoms with van der Waals surface area (Å²) in [6.45, 7) is 0. The molecule has 0 amide bonds. The van der Waals surface area contributed by atoms with Crippen molar-refractivity contribution in [2.75, 3.05) is 0 Å². The Hall–Kier alpha value is -1.04. The van der Waals surface area contributed by atoms with Gasteiger partial charge < -0.3 is 0 Å². The fraction of sp³-hybridized carbons (Fsp3) is 0.385. The summed E-state index contributed by atoms with van der Waals surface area (Å²) in [4.78, 5) is 0. The maximum atomic E-state index is 2.42. The van der Waals surface area contributed by atoms with Crippen LogP contribution in [-0.2, 0) is 0 Å². The highest BCUT2D eigenvalue weighted by Gasteiger charge is 2.30. The quantitative estimate of drug-likeness (QED) is 0.489. The molecule has 0 heterocycles. The minimum atomic E-state index is 0.701. The SMILES string of the molecule is C1=CC2C(=C1)CCC1=CCC=CC12. The first-order chi connectivity index (χ1) is 6.45. The highest BCUT2D eigenvalue weighted by atomic mass is 14.3. The van der Waals surface area contributed by atoms with Gasteiger partial charge in [0.05, 0.1) is 0 Å². The van der Waals surface area contributed by atoms with Crippen molar-refractivity contribution >= 4 is 0 Å². The van der Waals surface area contributed by atoms with E-state index in [1.807, 2.05) is 0 Å². The van der Waals surface area contributed by atoms with Gasteiger partial charge in [-0.25, -0.2) is 0 Å². The van der Waals surface area contributed by atoms with E-state index < -0.39 is 0 Å². The van der Waals surface area contributed by atoms with Crippen LogP contribution in [-0.4, -0.2) is 0 Å². The molecule has 0 saturated heterocycles. The zero-order valence-corrected chi connectivity index (χ0v) is 7.74. The maximum Gasteiger partial charge on any atom is 0.00833 e. The molecule has 1 saturated carbocycles. The van der Waals surface area contributed by atoms with Gasteiger partial charge in [-0.2, -0.15) is 0 Å². The van der Waals surface area contributed by atoms with E-state index in [0.29, 0.717) is 11.8 Å². The van der Waals surface area contributed by atoms with Gasteiger partial charge in [0.15, 0.2) is 0 Å². The normalized spacial score (nSPS) is 35.1. The Labute approximate surface area is 79.3 Å². The third-order valence-electron chi connectivity index (χ3n) is 3.43. The number of rotatable bonds is 0. The molecule has 0 aliphatic heterocycles. The number of hydrogen-bond donors (Lipinski definition) is 0. The van der Waals surface area contributed by atoms with E-state index in [1.54, 1.807) is 11.1 Å². The van der Waals surface area contributed by atoms with E-state index in [9.17, 15) is 0 Å². The standard InChI is InChI=1S/C13H14/c1-2-6-12-10(4-1)8-9-11-5-3-7-13(11)12/h2-7,12-13H,1,8-9H2. The van der Waals surface area contributed by atoms with Gasteiger partial charge in [-0.15, -0.1) is 0 Å². The summed E-state index contributed by atoms with van der Waals surface area (Å²) in [5.41, 5.74) is 3.32. The van der Waals surface area contributed by atoms with Crippen molar-refractivity contribution in [1.29, 1.82) is 0 Å². The Bertz CT molecular complexity index is 339. The number of allylic oxidation sites excluding steroid dienone is 8. The molecular weight excluding hydrogens is 156 g/mol. The molecule has 0 aromatic rings. The van der Waals surface area contributed by atoms with Gasteiger partial charge in [-0.1, -0.05) is 47.6 Å². The lowest BCUT2D eigenvalue weighted by atomic mass is 9.72. The first-order valence-electron chi connectivity index (χ1n) is 5.18. The van der Waals surface area contributed by atoms with Gasteiger partial charge in [0, 0.05) is 11.8 Å². The van der Waals surface area contributed by atoms with Gasteiger partial charge in [0.25, 0.3) is 0 Å². The smallest absolute Gasteiger partial charge is 0.00833 e. The highest BCUT2D eigenvalue weighted by molar-refractivity contribution is 5.38. The second kappa shape index (κ2) is 2.73. The lowest BCUT2D eigenvalue weighted by molar-refractivity contribution is 0.519. The Morgan fingerprint density at radius 2 is 1.85 bits per heavy atom. The summed E-state index contributed by atoms with van der Waals surface area (Å²) in [6, 6.07) is 0. The van der Waals surface area contributed by atoms with Crippen LogP contribution in [0.25, 0.3) is 0 Å². The van der Waals surface area contributed by atoms with Crippen molar-refractivity contribution < 1.29 is 0 Å². The second-order valence-corrected chi connectivity index (χ2v) is 4.12. The molecule has 0 aromatic heterocycles. The molecule has 1 fully saturated rings. The van der Waals surface area contributed by atoms with E-state index >= 15 is 0 Å². The molecule has 0 bridgehead atoms. The zero-order chi connectivity index (χ0) is 8.67. The molecule has 0 aromatic carbocycles. The molecule has 0 spiro atoms. The number of fused-ring (bicyclic) bond motifs is 3. The molecule has 0 nitrogen and oxygen atoms in total. The van der Waals surface area contributed by atoms with E-state index in [-0.39, 0.29) is 0 Å². The average molecular weight is 170 g/mol. The van der Waals surface area contributed by atoms with Crippen molar-refractivity contribution in [1.82, 2.24) is 0 Å². The molecular formula is C13H14. The molecule has 0 heteroatoms. The predicted molar refractivity (Wildman–Crippen MR) is 55.3 cm³/mol. The summed E-state index contributed by atoms with van der Waals surface area (Å²) in [5.74, 6) is 1.41. The van der Waals surface area contributed by atoms with Crippen LogP contribution in [0.15, 0.2) is 47.6 Å². The van der Waals surface area contributed by atoms with E-state index in [4.69, 9.17) is 0 Å². The predicted octanol–water partition coefficient (Wildman–Crippen LogP) is 3.40. The summed E-state index contributed by atoms with van der Waals surface area (Å²) < 4.78 is 0. The topological polar surface area (TPSA) is 0 Å². The monoisotopic (exact) mass is 170 g/mol. The van der Waals surface area contributed by atoms with Crippen LogP contribution < -0.4 is 0 Å². The molecule has 13 heavy (non-hydrogen) atoms. The first-order valence-corrected chi connectivity index (χ1v) is 5.18. The van der Waals surface area contributed by atoms with E-state index in [2.05, 4.69) is 36.5 Å². The van der Waals surface area contributed by atoms with Crippen molar-refractivity contribution in [3.05, 3.63) is 47.6 Å². The van der Waals surface area contributed by atoms with Crippen LogP contribution in [0.2, 0.25) is 0 Å². The van der Waals surface area contributed by atoms with Gasteiger partial charge in [0.2, 0.25) is 0 Å². The fourth-order valence-electron chi connectivity index (χ4n) is 2.75. The van der Waals surface area contributed by atoms with Crippen LogP contribution in [0.5, 0.6) is 0 Å². The van der Waals surface area contributed by atoms with Gasteiger partial charge in [-0.3, -0.25) is 0 Å². The molecule has 66 valence electrons. The summed E-state index contributed by atoms with van der Waals surface area (Å²) in [6.07, 6.45) is 17.8. The molecule has 0 radical (unpaired) electrons. The van der Waals surface area contributed by atoms with Gasteiger partial charge >= 0.3 is 0 Å². The Balaban J connectivity index is 1.99. The molecule has 3 rings (SSSR count). The minimum absolute atomic E-state index is 0.701. The Kier molecular flexibility index (Phi) is 1.55. The highest BCUT2D eigenvalue weighted by Crippen LogP contribution is 2.43. The van der Waals surface area contributed by atoms with Crippen LogP contribution in [0.1, 0.15) is 19.3 Å². The zero-order valence-electron chi connectivity index (χ0n) is 7.74. The van der Waals surface area contributed by atoms with E-state index in [1.165, 1.54) is 12.8 Å². The fourth-order valence-corrected chi connectivity index (χ4v) is 2.75. The maximum absolute atomic E-state index is 2.42. The first kappa shape index (κ1) is 7.37. The molecule has 3 aliphatic carbocycles. The van der Waals surface area contributed by atoms with Crippen molar-refractivity contribution in [2.24, 2.45) is 11.8 Å². The van der Waals surface area contributed by atoms with E-state index in [0.717, 1.165) is 6.42 Å². The second-order valence-electron chi connectivity index (χ2n) is 4.12. The van der Waals surface area contributed by atoms with Crippen LogP contribution in [0, 0.1) is 11.8 Å². The Morgan fingerprint density at radius 3 is 2.85 bits per heavy atom. The minimum Gasteiger partial charge on any atom is -0.0841 e. The molecule has 2 atom stereocenters. The summed E-state index contributed by atoms with van der Waals surface area (Å²) in [5, 5.41) is 0. The largest absolute Gasteiger partial charge is 0.0841 e. The Morgan fingerprint density at radius 1 is 1.00 bits per heavy atom. The van der Waals surface area contributed by atoms with Gasteiger partial charge in [-0.05, 0) is 19.3 Å². The van der Waals surface area contributed by atoms with Crippen LogP contribution >= 0.6 is 0 Å². The lowest BCUT2D eigenvalue weighted by Gasteiger charge is -2.32. The van der Waals surface area contributed by atoms with Crippen molar-refractivity contribution in [3.8, 4) is 0 Å². The average Bonchev–Trinajstić information content (AvgIpc) is 2.65. The molecule has 3 aliphatic rings. The third-order valence-corrected chi connectivity index (χ3v) is 3.43. The van der Waals surface area contributed by atoms with Gasteiger partial charge in [0.1, 0.15) is 0 Å². The van der Waals surface area contributed by atoms with Crippen molar-refractivity contribution in [2.45, 2.75) is 19.3 Å². The lowest BCUT2D eigenvalue weighted by Crippen LogP contribution is -2.20. The van der Waals surface area contributed by atoms with Crippen LogP contribution in [0.4, 0.5) is 0 Å². The summed E-state index contributed by atoms with van der Waals surface area (Å²) in [7, 11) is 0.